The summed E-state index contributed by atoms with van der Waals surface area (Å²) in [6.07, 6.45) is 3.72. The Morgan fingerprint density at radius 2 is 2.00 bits per heavy atom. The Hall–Kier alpha value is -1.73. The zero-order valence-electron chi connectivity index (χ0n) is 9.96. The number of nitro benzene ring substituents is 1. The number of benzene rings is 1. The molecule has 0 amide bonds. The molecular weight excluding hydrogens is 390 g/mol. The van der Waals surface area contributed by atoms with Gasteiger partial charge in [0.05, 0.1) is 15.1 Å². The summed E-state index contributed by atoms with van der Waals surface area (Å²) in [5.74, 6) is 0. The second kappa shape index (κ2) is 4.99. The minimum absolute atomic E-state index is 0.0554. The van der Waals surface area contributed by atoms with E-state index >= 15 is 0 Å². The van der Waals surface area contributed by atoms with Crippen LogP contribution < -0.4 is 0 Å². The van der Waals surface area contributed by atoms with E-state index in [4.69, 9.17) is 0 Å². The van der Waals surface area contributed by atoms with E-state index in [1.54, 1.807) is 12.1 Å². The normalized spacial score (nSPS) is 10.9. The van der Waals surface area contributed by atoms with Crippen LogP contribution in [-0.4, -0.2) is 14.3 Å². The van der Waals surface area contributed by atoms with E-state index in [9.17, 15) is 10.1 Å². The Morgan fingerprint density at radius 3 is 2.75 bits per heavy atom. The van der Waals surface area contributed by atoms with Gasteiger partial charge in [-0.25, -0.2) is 4.98 Å². The molecule has 0 bridgehead atoms. The van der Waals surface area contributed by atoms with Crippen LogP contribution in [0.15, 0.2) is 51.7 Å². The molecule has 1 aromatic carbocycles. The molecule has 0 N–H and O–H groups in total. The Balaban J connectivity index is 2.17. The van der Waals surface area contributed by atoms with Gasteiger partial charge in [-0.1, -0.05) is 12.1 Å². The molecule has 3 aromatic rings. The van der Waals surface area contributed by atoms with Crippen molar-refractivity contribution in [3.8, 4) is 11.3 Å². The van der Waals surface area contributed by atoms with E-state index in [0.717, 1.165) is 14.6 Å². The van der Waals surface area contributed by atoms with Gasteiger partial charge in [0.15, 0.2) is 5.65 Å². The summed E-state index contributed by atoms with van der Waals surface area (Å²) in [5.41, 5.74) is 2.22. The fourth-order valence-corrected chi connectivity index (χ4v) is 3.24. The van der Waals surface area contributed by atoms with E-state index in [1.807, 2.05) is 22.9 Å². The third-order valence-corrected chi connectivity index (χ3v) is 3.84. The van der Waals surface area contributed by atoms with Gasteiger partial charge in [0.1, 0.15) is 0 Å². The third-order valence-electron chi connectivity index (χ3n) is 2.83. The van der Waals surface area contributed by atoms with Crippen molar-refractivity contribution in [1.82, 2.24) is 9.38 Å². The van der Waals surface area contributed by atoms with Crippen LogP contribution >= 0.6 is 31.9 Å². The largest absolute Gasteiger partial charge is 0.304 e. The zero-order valence-corrected chi connectivity index (χ0v) is 13.1. The Bertz CT molecular complexity index is 830. The van der Waals surface area contributed by atoms with E-state index in [1.165, 1.54) is 12.1 Å². The SMILES string of the molecule is O=[N+]([O-])c1cccc(-c2cn3cc(Br)cc(Br)c3n2)c1. The monoisotopic (exact) mass is 395 g/mol. The minimum atomic E-state index is -0.411. The van der Waals surface area contributed by atoms with Crippen molar-refractivity contribution < 1.29 is 4.92 Å². The number of hydrogen-bond acceptors (Lipinski definition) is 3. The summed E-state index contributed by atoms with van der Waals surface area (Å²) in [6.45, 7) is 0. The van der Waals surface area contributed by atoms with Crippen LogP contribution in [0, 0.1) is 10.1 Å². The van der Waals surface area contributed by atoms with Gasteiger partial charge in [0, 0.05) is 34.6 Å². The molecular formula is C13H7Br2N3O2. The average molecular weight is 397 g/mol. The summed E-state index contributed by atoms with van der Waals surface area (Å²) in [6, 6.07) is 8.34. The number of nitrogens with zero attached hydrogens (tertiary/aromatic N) is 3. The zero-order chi connectivity index (χ0) is 14.3. The first-order valence-electron chi connectivity index (χ1n) is 5.63. The smallest absolute Gasteiger partial charge is 0.270 e. The fourth-order valence-electron chi connectivity index (χ4n) is 1.94. The molecule has 0 spiro atoms. The number of rotatable bonds is 2. The first kappa shape index (κ1) is 13.3. The fraction of sp³-hybridized carbons (Fsp3) is 0. The van der Waals surface area contributed by atoms with Gasteiger partial charge in [-0.2, -0.15) is 0 Å². The quantitative estimate of drug-likeness (QED) is 0.475. The maximum atomic E-state index is 10.8. The average Bonchev–Trinajstić information content (AvgIpc) is 2.83. The minimum Gasteiger partial charge on any atom is -0.304 e. The number of non-ortho nitro benzene ring substituents is 1. The van der Waals surface area contributed by atoms with Crippen LogP contribution in [0.25, 0.3) is 16.9 Å². The maximum absolute atomic E-state index is 10.8. The summed E-state index contributed by atoms with van der Waals surface area (Å²) < 4.78 is 3.63. The van der Waals surface area contributed by atoms with Crippen LogP contribution in [-0.2, 0) is 0 Å². The molecule has 20 heavy (non-hydrogen) atoms. The van der Waals surface area contributed by atoms with Gasteiger partial charge in [-0.15, -0.1) is 0 Å². The van der Waals surface area contributed by atoms with Gasteiger partial charge < -0.3 is 4.40 Å². The van der Waals surface area contributed by atoms with Gasteiger partial charge in [0.25, 0.3) is 5.69 Å². The highest BCUT2D eigenvalue weighted by Crippen LogP contribution is 2.27. The molecule has 0 radical (unpaired) electrons. The number of imidazole rings is 1. The summed E-state index contributed by atoms with van der Waals surface area (Å²) in [7, 11) is 0. The molecule has 7 heteroatoms. The summed E-state index contributed by atoms with van der Waals surface area (Å²) in [5, 5.41) is 10.8. The topological polar surface area (TPSA) is 60.4 Å². The Morgan fingerprint density at radius 1 is 1.20 bits per heavy atom. The molecule has 0 aliphatic rings. The van der Waals surface area contributed by atoms with Crippen LogP contribution in [0.5, 0.6) is 0 Å². The molecule has 0 atom stereocenters. The Labute approximate surface area is 130 Å². The maximum Gasteiger partial charge on any atom is 0.270 e. The lowest BCUT2D eigenvalue weighted by Crippen LogP contribution is -1.87. The first-order valence-corrected chi connectivity index (χ1v) is 7.22. The standard InChI is InChI=1S/C13H7Br2N3O2/c14-9-5-11(15)13-16-12(7-17(13)6-9)8-2-1-3-10(4-8)18(19)20/h1-7H. The molecule has 2 aromatic heterocycles. The van der Waals surface area contributed by atoms with Crippen LogP contribution in [0.4, 0.5) is 5.69 Å². The molecule has 3 rings (SSSR count). The molecule has 0 aliphatic heterocycles. The van der Waals surface area contributed by atoms with Crippen molar-refractivity contribution in [2.24, 2.45) is 0 Å². The van der Waals surface area contributed by atoms with Crippen molar-refractivity contribution >= 4 is 43.2 Å². The van der Waals surface area contributed by atoms with Gasteiger partial charge in [0.2, 0.25) is 0 Å². The molecule has 100 valence electrons. The molecule has 0 unspecified atom stereocenters. The van der Waals surface area contributed by atoms with Gasteiger partial charge in [-0.3, -0.25) is 10.1 Å². The predicted octanol–water partition coefficient (Wildman–Crippen LogP) is 4.43. The molecule has 2 heterocycles. The molecule has 0 saturated carbocycles. The highest BCUT2D eigenvalue weighted by Gasteiger charge is 2.11. The van der Waals surface area contributed by atoms with Crippen LogP contribution in [0.2, 0.25) is 0 Å². The van der Waals surface area contributed by atoms with Crippen molar-refractivity contribution in [2.45, 2.75) is 0 Å². The van der Waals surface area contributed by atoms with Crippen LogP contribution in [0.1, 0.15) is 0 Å². The lowest BCUT2D eigenvalue weighted by Gasteiger charge is -1.96. The van der Waals surface area contributed by atoms with E-state index in [2.05, 4.69) is 36.8 Å². The number of nitro groups is 1. The predicted molar refractivity (Wildman–Crippen MR) is 82.7 cm³/mol. The van der Waals surface area contributed by atoms with E-state index in [-0.39, 0.29) is 5.69 Å². The van der Waals surface area contributed by atoms with E-state index in [0.29, 0.717) is 11.3 Å². The number of pyridine rings is 1. The molecule has 5 nitrogen and oxygen atoms in total. The van der Waals surface area contributed by atoms with Crippen molar-refractivity contribution in [2.75, 3.05) is 0 Å². The molecule has 0 fully saturated rings. The van der Waals surface area contributed by atoms with Crippen LogP contribution in [0.3, 0.4) is 0 Å². The third kappa shape index (κ3) is 2.34. The van der Waals surface area contributed by atoms with Crippen molar-refractivity contribution in [1.29, 1.82) is 0 Å². The number of fused-ring (bicyclic) bond motifs is 1. The summed E-state index contributed by atoms with van der Waals surface area (Å²) >= 11 is 6.86. The molecule has 0 saturated heterocycles. The number of aromatic nitrogens is 2. The lowest BCUT2D eigenvalue weighted by atomic mass is 10.1. The van der Waals surface area contributed by atoms with E-state index < -0.39 is 4.92 Å². The highest BCUT2D eigenvalue weighted by atomic mass is 79.9. The number of halogens is 2. The first-order chi connectivity index (χ1) is 9.54. The Kier molecular flexibility index (Phi) is 3.31. The second-order valence-corrected chi connectivity index (χ2v) is 5.94. The van der Waals surface area contributed by atoms with Gasteiger partial charge in [-0.05, 0) is 37.9 Å². The van der Waals surface area contributed by atoms with Crippen molar-refractivity contribution in [3.05, 3.63) is 61.8 Å². The molecule has 0 aliphatic carbocycles. The highest BCUT2D eigenvalue weighted by molar-refractivity contribution is 9.11. The summed E-state index contributed by atoms with van der Waals surface area (Å²) in [4.78, 5) is 14.9. The number of hydrogen-bond donors (Lipinski definition) is 0. The van der Waals surface area contributed by atoms with Crippen molar-refractivity contribution in [3.63, 3.8) is 0 Å². The second-order valence-electron chi connectivity index (χ2n) is 4.17. The van der Waals surface area contributed by atoms with Gasteiger partial charge >= 0.3 is 0 Å². The lowest BCUT2D eigenvalue weighted by molar-refractivity contribution is -0.384.